The molecule has 0 amide bonds. The average Bonchev–Trinajstić information content (AvgIpc) is 3.14. The van der Waals surface area contributed by atoms with Gasteiger partial charge in [-0.2, -0.15) is 5.10 Å². The summed E-state index contributed by atoms with van der Waals surface area (Å²) in [5.74, 6) is 1.97. The van der Waals surface area contributed by atoms with E-state index in [1.807, 2.05) is 18.5 Å². The minimum absolute atomic E-state index is 0.375. The molecule has 0 spiro atoms. The molecule has 2 aromatic rings. The van der Waals surface area contributed by atoms with Gasteiger partial charge >= 0.3 is 0 Å². The van der Waals surface area contributed by atoms with Gasteiger partial charge in [0, 0.05) is 25.2 Å². The predicted octanol–water partition coefficient (Wildman–Crippen LogP) is 2.34. The molecule has 5 heteroatoms. The molecule has 3 heterocycles. The van der Waals surface area contributed by atoms with Crippen LogP contribution in [0.5, 0.6) is 0 Å². The maximum absolute atomic E-state index is 10.9. The highest BCUT2D eigenvalue weighted by Crippen LogP contribution is 2.45. The first-order chi connectivity index (χ1) is 10.2. The summed E-state index contributed by atoms with van der Waals surface area (Å²) in [6.07, 6.45) is 7.86. The maximum Gasteiger partial charge on any atom is 0.139 e. The molecule has 2 fully saturated rings. The van der Waals surface area contributed by atoms with E-state index in [2.05, 4.69) is 27.0 Å². The van der Waals surface area contributed by atoms with Crippen LogP contribution in [-0.4, -0.2) is 39.0 Å². The monoisotopic (exact) mass is 286 g/mol. The number of H-pyrrole nitrogens is 1. The lowest BCUT2D eigenvalue weighted by Gasteiger charge is -2.40. The number of hydrogen-bond donors (Lipinski definition) is 2. The van der Waals surface area contributed by atoms with Crippen molar-refractivity contribution < 1.29 is 5.11 Å². The highest BCUT2D eigenvalue weighted by Gasteiger charge is 2.48. The third-order valence-electron chi connectivity index (χ3n) is 5.58. The summed E-state index contributed by atoms with van der Waals surface area (Å²) in [7, 11) is 0. The van der Waals surface area contributed by atoms with E-state index in [-0.39, 0.29) is 0 Å². The number of rotatable bonds is 2. The van der Waals surface area contributed by atoms with Crippen molar-refractivity contribution in [2.75, 3.05) is 18.0 Å². The lowest BCUT2D eigenvalue weighted by Crippen LogP contribution is -2.44. The zero-order valence-electron chi connectivity index (χ0n) is 12.4. The Balaban J connectivity index is 1.68. The van der Waals surface area contributed by atoms with E-state index in [0.29, 0.717) is 11.8 Å². The van der Waals surface area contributed by atoms with Gasteiger partial charge in [0.05, 0.1) is 22.7 Å². The van der Waals surface area contributed by atoms with Gasteiger partial charge in [0.2, 0.25) is 0 Å². The molecule has 21 heavy (non-hydrogen) atoms. The highest BCUT2D eigenvalue weighted by atomic mass is 16.3. The molecule has 4 rings (SSSR count). The van der Waals surface area contributed by atoms with Gasteiger partial charge in [-0.25, -0.2) is 4.98 Å². The predicted molar refractivity (Wildman–Crippen MR) is 82.2 cm³/mol. The van der Waals surface area contributed by atoms with Gasteiger partial charge in [0.25, 0.3) is 0 Å². The van der Waals surface area contributed by atoms with Crippen LogP contribution in [0.3, 0.4) is 0 Å². The van der Waals surface area contributed by atoms with Gasteiger partial charge in [0.15, 0.2) is 0 Å². The smallest absolute Gasteiger partial charge is 0.139 e. The number of aromatic amines is 1. The molecule has 0 unspecified atom stereocenters. The second kappa shape index (κ2) is 4.70. The molecule has 0 radical (unpaired) electrons. The molecule has 2 aliphatic rings. The van der Waals surface area contributed by atoms with Crippen molar-refractivity contribution >= 4 is 16.7 Å². The Bertz CT molecular complexity index is 655. The first-order valence-electron chi connectivity index (χ1n) is 7.96. The van der Waals surface area contributed by atoms with Crippen LogP contribution in [0.15, 0.2) is 18.5 Å². The van der Waals surface area contributed by atoms with Crippen molar-refractivity contribution in [3.05, 3.63) is 18.5 Å². The Morgan fingerprint density at radius 3 is 3.24 bits per heavy atom. The van der Waals surface area contributed by atoms with E-state index in [1.165, 1.54) is 6.42 Å². The summed E-state index contributed by atoms with van der Waals surface area (Å²) in [6.45, 7) is 4.02. The molecular formula is C16H22N4O. The Hall–Kier alpha value is -1.62. The van der Waals surface area contributed by atoms with Crippen LogP contribution < -0.4 is 4.90 Å². The molecule has 2 N–H and O–H groups in total. The SMILES string of the molecule is CC[C@]1(O)CCC[C@H]2CN(c3nccc4[nH]ncc34)C[C@H]21. The molecule has 1 saturated heterocycles. The van der Waals surface area contributed by atoms with E-state index in [4.69, 9.17) is 0 Å². The Morgan fingerprint density at radius 2 is 2.38 bits per heavy atom. The first kappa shape index (κ1) is 13.1. The van der Waals surface area contributed by atoms with Crippen molar-refractivity contribution in [3.63, 3.8) is 0 Å². The molecule has 112 valence electrons. The molecule has 0 bridgehead atoms. The highest BCUT2D eigenvalue weighted by molar-refractivity contribution is 5.89. The fourth-order valence-electron chi connectivity index (χ4n) is 4.35. The van der Waals surface area contributed by atoms with Gasteiger partial charge in [-0.15, -0.1) is 0 Å². The number of nitrogens with one attached hydrogen (secondary N) is 1. The minimum Gasteiger partial charge on any atom is -0.390 e. The van der Waals surface area contributed by atoms with Crippen molar-refractivity contribution in [1.29, 1.82) is 0 Å². The third-order valence-corrected chi connectivity index (χ3v) is 5.58. The van der Waals surface area contributed by atoms with Crippen molar-refractivity contribution in [2.45, 2.75) is 38.2 Å². The van der Waals surface area contributed by atoms with Crippen molar-refractivity contribution in [1.82, 2.24) is 15.2 Å². The van der Waals surface area contributed by atoms with Gasteiger partial charge in [-0.05, 0) is 31.2 Å². The van der Waals surface area contributed by atoms with Crippen LogP contribution in [0.25, 0.3) is 10.9 Å². The van der Waals surface area contributed by atoms with Gasteiger partial charge in [0.1, 0.15) is 5.82 Å². The van der Waals surface area contributed by atoms with Crippen molar-refractivity contribution in [3.8, 4) is 0 Å². The first-order valence-corrected chi connectivity index (χ1v) is 7.96. The molecular weight excluding hydrogens is 264 g/mol. The summed E-state index contributed by atoms with van der Waals surface area (Å²) >= 11 is 0. The third kappa shape index (κ3) is 1.94. The van der Waals surface area contributed by atoms with Crippen LogP contribution in [-0.2, 0) is 0 Å². The van der Waals surface area contributed by atoms with Crippen LogP contribution in [0.1, 0.15) is 32.6 Å². The summed E-state index contributed by atoms with van der Waals surface area (Å²) in [5, 5.41) is 19.1. The number of pyridine rings is 1. The molecule has 3 atom stereocenters. The van der Waals surface area contributed by atoms with E-state index < -0.39 is 5.60 Å². The van der Waals surface area contributed by atoms with E-state index in [1.54, 1.807) is 0 Å². The van der Waals surface area contributed by atoms with Crippen LogP contribution >= 0.6 is 0 Å². The Kier molecular flexibility index (Phi) is 2.92. The number of nitrogens with zero attached hydrogens (tertiary/aromatic N) is 3. The van der Waals surface area contributed by atoms with Crippen LogP contribution in [0, 0.1) is 11.8 Å². The standard InChI is InChI=1S/C16H22N4O/c1-2-16(21)6-3-4-11-9-20(10-13(11)16)15-12-8-18-19-14(12)5-7-17-15/h5,7-8,11,13,21H,2-4,6,9-10H2,1H3,(H,18,19)/t11-,13+,16-/m0/s1. The van der Waals surface area contributed by atoms with E-state index >= 15 is 0 Å². The molecule has 2 aromatic heterocycles. The van der Waals surface area contributed by atoms with Crippen LogP contribution in [0.4, 0.5) is 5.82 Å². The Labute approximate surface area is 124 Å². The normalized spacial score (nSPS) is 32.6. The van der Waals surface area contributed by atoms with Crippen molar-refractivity contribution in [2.24, 2.45) is 11.8 Å². The lowest BCUT2D eigenvalue weighted by molar-refractivity contribution is -0.0597. The molecule has 0 aromatic carbocycles. The van der Waals surface area contributed by atoms with E-state index in [0.717, 1.165) is 49.1 Å². The molecule has 1 aliphatic carbocycles. The lowest BCUT2D eigenvalue weighted by atomic mass is 9.69. The topological polar surface area (TPSA) is 65.0 Å². The van der Waals surface area contributed by atoms with Gasteiger partial charge < -0.3 is 10.0 Å². The second-order valence-corrected chi connectivity index (χ2v) is 6.59. The summed E-state index contributed by atoms with van der Waals surface area (Å²) in [4.78, 5) is 6.92. The second-order valence-electron chi connectivity index (χ2n) is 6.59. The number of fused-ring (bicyclic) bond motifs is 2. The average molecular weight is 286 g/mol. The molecule has 5 nitrogen and oxygen atoms in total. The summed E-state index contributed by atoms with van der Waals surface area (Å²) in [6, 6.07) is 1.96. The zero-order chi connectivity index (χ0) is 14.4. The minimum atomic E-state index is -0.484. The molecule has 1 saturated carbocycles. The van der Waals surface area contributed by atoms with E-state index in [9.17, 15) is 5.11 Å². The number of aromatic nitrogens is 3. The van der Waals surface area contributed by atoms with Gasteiger partial charge in [-0.1, -0.05) is 13.3 Å². The summed E-state index contributed by atoms with van der Waals surface area (Å²) in [5.41, 5.74) is 0.544. The largest absolute Gasteiger partial charge is 0.390 e. The Morgan fingerprint density at radius 1 is 1.48 bits per heavy atom. The zero-order valence-corrected chi connectivity index (χ0v) is 12.4. The van der Waals surface area contributed by atoms with Crippen LogP contribution in [0.2, 0.25) is 0 Å². The number of aliphatic hydroxyl groups is 1. The molecule has 1 aliphatic heterocycles. The quantitative estimate of drug-likeness (QED) is 0.889. The number of hydrogen-bond acceptors (Lipinski definition) is 4. The fourth-order valence-corrected chi connectivity index (χ4v) is 4.35. The maximum atomic E-state index is 10.9. The fraction of sp³-hybridized carbons (Fsp3) is 0.625. The number of anilines is 1. The van der Waals surface area contributed by atoms with Gasteiger partial charge in [-0.3, -0.25) is 5.10 Å². The summed E-state index contributed by atoms with van der Waals surface area (Å²) < 4.78 is 0.